The summed E-state index contributed by atoms with van der Waals surface area (Å²) in [6, 6.07) is 7.50. The first-order valence-corrected chi connectivity index (χ1v) is 10.6. The topological polar surface area (TPSA) is 86.8 Å². The van der Waals surface area contributed by atoms with E-state index in [9.17, 15) is 9.90 Å². The van der Waals surface area contributed by atoms with E-state index in [2.05, 4.69) is 10.3 Å². The van der Waals surface area contributed by atoms with Crippen molar-refractivity contribution in [3.05, 3.63) is 40.2 Å². The van der Waals surface area contributed by atoms with Crippen molar-refractivity contribution in [1.29, 1.82) is 0 Å². The molecule has 1 aromatic carbocycles. The van der Waals surface area contributed by atoms with Crippen LogP contribution in [0.25, 0.3) is 10.9 Å². The average Bonchev–Trinajstić information content (AvgIpc) is 3.23. The molecule has 0 saturated carbocycles. The van der Waals surface area contributed by atoms with E-state index in [1.807, 2.05) is 36.1 Å². The minimum atomic E-state index is -0.141. The molecule has 8 heteroatoms. The fourth-order valence-corrected chi connectivity index (χ4v) is 3.68. The number of benzene rings is 1. The Balaban J connectivity index is 1.75. The molecule has 29 heavy (non-hydrogen) atoms. The van der Waals surface area contributed by atoms with Gasteiger partial charge in [0.25, 0.3) is 5.56 Å². The molecule has 2 heterocycles. The van der Waals surface area contributed by atoms with Crippen molar-refractivity contribution in [2.75, 3.05) is 32.9 Å². The van der Waals surface area contributed by atoms with Crippen LogP contribution in [-0.2, 0) is 11.3 Å². The lowest BCUT2D eigenvalue weighted by atomic mass is 10.1. The number of thiocarbonyl (C=S) groups is 1. The zero-order valence-electron chi connectivity index (χ0n) is 16.8. The number of nitrogens with zero attached hydrogens (tertiary/aromatic N) is 1. The van der Waals surface area contributed by atoms with Gasteiger partial charge in [0.05, 0.1) is 19.3 Å². The van der Waals surface area contributed by atoms with Gasteiger partial charge in [0.2, 0.25) is 0 Å². The number of hydrogen-bond donors (Lipinski definition) is 3. The monoisotopic (exact) mass is 419 g/mol. The number of fused-ring (bicyclic) bond motifs is 1. The lowest BCUT2D eigenvalue weighted by Gasteiger charge is -2.26. The van der Waals surface area contributed by atoms with E-state index in [0.717, 1.165) is 36.1 Å². The quantitative estimate of drug-likeness (QED) is 0.537. The molecule has 7 nitrogen and oxygen atoms in total. The summed E-state index contributed by atoms with van der Waals surface area (Å²) in [7, 11) is 0. The molecule has 3 N–H and O–H groups in total. The third-order valence-corrected chi connectivity index (χ3v) is 5.35. The maximum Gasteiger partial charge on any atom is 0.253 e. The van der Waals surface area contributed by atoms with Crippen LogP contribution in [0.3, 0.4) is 0 Å². The van der Waals surface area contributed by atoms with Gasteiger partial charge in [-0.15, -0.1) is 0 Å². The first-order valence-electron chi connectivity index (χ1n) is 10.1. The second-order valence-corrected chi connectivity index (χ2v) is 7.51. The van der Waals surface area contributed by atoms with Crippen LogP contribution < -0.4 is 15.6 Å². The number of aromatic amines is 1. The molecule has 0 amide bonds. The standard InChI is InChI=1S/C21H29N3O4S/c1-2-27-17-6-7-19-15(12-17)11-16(20(26)23-19)14-24(8-4-9-25)21(29)22-13-18-5-3-10-28-18/h6-7,11-12,18,25H,2-5,8-10,13-14H2,1H3,(H,22,29)(H,23,26)/t18-/m0/s1. The van der Waals surface area contributed by atoms with Crippen LogP contribution in [0, 0.1) is 0 Å². The number of aliphatic hydroxyl groups is 1. The fourth-order valence-electron chi connectivity index (χ4n) is 3.44. The Labute approximate surface area is 176 Å². The van der Waals surface area contributed by atoms with Gasteiger partial charge in [-0.05, 0) is 62.7 Å². The highest BCUT2D eigenvalue weighted by Crippen LogP contribution is 2.20. The van der Waals surface area contributed by atoms with Crippen LogP contribution in [0.1, 0.15) is 31.7 Å². The van der Waals surface area contributed by atoms with Gasteiger partial charge in [0, 0.05) is 42.8 Å². The minimum absolute atomic E-state index is 0.0661. The summed E-state index contributed by atoms with van der Waals surface area (Å²) < 4.78 is 11.2. The van der Waals surface area contributed by atoms with Crippen molar-refractivity contribution < 1.29 is 14.6 Å². The summed E-state index contributed by atoms with van der Waals surface area (Å²) in [5, 5.41) is 14.0. The number of aliphatic hydroxyl groups excluding tert-OH is 1. The molecule has 1 aliphatic heterocycles. The molecule has 0 radical (unpaired) electrons. The van der Waals surface area contributed by atoms with Crippen LogP contribution in [0.2, 0.25) is 0 Å². The van der Waals surface area contributed by atoms with Gasteiger partial charge in [-0.3, -0.25) is 4.79 Å². The Morgan fingerprint density at radius 3 is 3.03 bits per heavy atom. The molecule has 0 spiro atoms. The van der Waals surface area contributed by atoms with E-state index in [0.29, 0.717) is 43.3 Å². The highest BCUT2D eigenvalue weighted by molar-refractivity contribution is 7.80. The number of H-pyrrole nitrogens is 1. The zero-order chi connectivity index (χ0) is 20.6. The Bertz CT molecular complexity index is 880. The number of rotatable bonds is 9. The van der Waals surface area contributed by atoms with Gasteiger partial charge in [-0.25, -0.2) is 0 Å². The van der Waals surface area contributed by atoms with Crippen molar-refractivity contribution in [3.63, 3.8) is 0 Å². The van der Waals surface area contributed by atoms with Crippen molar-refractivity contribution in [2.24, 2.45) is 0 Å². The summed E-state index contributed by atoms with van der Waals surface area (Å²) in [6.07, 6.45) is 2.85. The number of pyridine rings is 1. The van der Waals surface area contributed by atoms with Gasteiger partial charge < -0.3 is 29.8 Å². The predicted molar refractivity (Wildman–Crippen MR) is 117 cm³/mol. The lowest BCUT2D eigenvalue weighted by Crippen LogP contribution is -2.43. The van der Waals surface area contributed by atoms with Crippen LogP contribution in [-0.4, -0.2) is 59.1 Å². The first kappa shape index (κ1) is 21.5. The molecule has 3 rings (SSSR count). The normalized spacial score (nSPS) is 16.1. The smallest absolute Gasteiger partial charge is 0.253 e. The molecule has 1 saturated heterocycles. The maximum absolute atomic E-state index is 12.6. The lowest BCUT2D eigenvalue weighted by molar-refractivity contribution is 0.113. The van der Waals surface area contributed by atoms with E-state index < -0.39 is 0 Å². The highest BCUT2D eigenvalue weighted by Gasteiger charge is 2.18. The molecular weight excluding hydrogens is 390 g/mol. The van der Waals surface area contributed by atoms with Gasteiger partial charge in [-0.1, -0.05) is 0 Å². The molecule has 1 aromatic heterocycles. The Morgan fingerprint density at radius 2 is 2.31 bits per heavy atom. The van der Waals surface area contributed by atoms with Gasteiger partial charge in [-0.2, -0.15) is 0 Å². The third-order valence-electron chi connectivity index (χ3n) is 4.94. The molecular formula is C21H29N3O4S. The molecule has 1 fully saturated rings. The Kier molecular flexibility index (Phi) is 7.85. The van der Waals surface area contributed by atoms with Crippen LogP contribution >= 0.6 is 12.2 Å². The number of ether oxygens (including phenoxy) is 2. The average molecular weight is 420 g/mol. The molecule has 1 atom stereocenters. The minimum Gasteiger partial charge on any atom is -0.494 e. The zero-order valence-corrected chi connectivity index (χ0v) is 17.6. The molecule has 158 valence electrons. The third kappa shape index (κ3) is 5.91. The number of hydrogen-bond acceptors (Lipinski definition) is 5. The molecule has 0 unspecified atom stereocenters. The summed E-state index contributed by atoms with van der Waals surface area (Å²) >= 11 is 5.56. The summed E-state index contributed by atoms with van der Waals surface area (Å²) in [5.74, 6) is 0.767. The van der Waals surface area contributed by atoms with Crippen molar-refractivity contribution in [3.8, 4) is 5.75 Å². The molecule has 1 aliphatic rings. The van der Waals surface area contributed by atoms with Crippen molar-refractivity contribution in [1.82, 2.24) is 15.2 Å². The van der Waals surface area contributed by atoms with E-state index in [-0.39, 0.29) is 18.3 Å². The SMILES string of the molecule is CCOc1ccc2[nH]c(=O)c(CN(CCCO)C(=S)NC[C@@H]3CCCO3)cc2c1. The van der Waals surface area contributed by atoms with Gasteiger partial charge in [0.1, 0.15) is 5.75 Å². The van der Waals surface area contributed by atoms with Gasteiger partial charge in [0.15, 0.2) is 5.11 Å². The van der Waals surface area contributed by atoms with Crippen LogP contribution in [0.5, 0.6) is 5.75 Å². The summed E-state index contributed by atoms with van der Waals surface area (Å²) in [5.41, 5.74) is 1.24. The predicted octanol–water partition coefficient (Wildman–Crippen LogP) is 2.16. The Morgan fingerprint density at radius 1 is 1.45 bits per heavy atom. The second-order valence-electron chi connectivity index (χ2n) is 7.13. The molecule has 0 bridgehead atoms. The van der Waals surface area contributed by atoms with Gasteiger partial charge >= 0.3 is 0 Å². The van der Waals surface area contributed by atoms with Crippen LogP contribution in [0.15, 0.2) is 29.1 Å². The Hall–Kier alpha value is -2.16. The van der Waals surface area contributed by atoms with E-state index in [1.54, 1.807) is 0 Å². The maximum atomic E-state index is 12.6. The van der Waals surface area contributed by atoms with E-state index in [1.165, 1.54) is 0 Å². The second kappa shape index (κ2) is 10.6. The highest BCUT2D eigenvalue weighted by atomic mass is 32.1. The fraction of sp³-hybridized carbons (Fsp3) is 0.524. The van der Waals surface area contributed by atoms with Crippen LogP contribution in [0.4, 0.5) is 0 Å². The first-order chi connectivity index (χ1) is 14.1. The summed E-state index contributed by atoms with van der Waals surface area (Å²) in [6.45, 7) is 4.96. The van der Waals surface area contributed by atoms with E-state index in [4.69, 9.17) is 21.7 Å². The van der Waals surface area contributed by atoms with Crippen molar-refractivity contribution in [2.45, 2.75) is 38.8 Å². The number of nitrogens with one attached hydrogen (secondary N) is 2. The molecule has 2 aromatic rings. The number of aromatic nitrogens is 1. The largest absolute Gasteiger partial charge is 0.494 e. The van der Waals surface area contributed by atoms with E-state index >= 15 is 0 Å². The van der Waals surface area contributed by atoms with Crippen molar-refractivity contribution >= 4 is 28.2 Å². The summed E-state index contributed by atoms with van der Waals surface area (Å²) in [4.78, 5) is 17.5. The molecule has 0 aliphatic carbocycles.